The Balaban J connectivity index is 0.000000406. The van der Waals surface area contributed by atoms with E-state index in [1.54, 1.807) is 24.4 Å². The SMILES string of the molecule is Nc1cnc(-c2ccc(C3CCC3)c(OCc3ccc(Cl)cn3)c2F)cn1.O=C(O)C(F)(F)F. The predicted molar refractivity (Wildman–Crippen MR) is 116 cm³/mol. The molecule has 1 aromatic carbocycles. The number of halogens is 5. The summed E-state index contributed by atoms with van der Waals surface area (Å²) < 4.78 is 53.0. The van der Waals surface area contributed by atoms with Crippen molar-refractivity contribution in [2.45, 2.75) is 38.0 Å². The third kappa shape index (κ3) is 6.31. The molecule has 180 valence electrons. The summed E-state index contributed by atoms with van der Waals surface area (Å²) in [6.07, 6.45) is 2.56. The van der Waals surface area contributed by atoms with Crippen molar-refractivity contribution in [3.8, 4) is 17.0 Å². The van der Waals surface area contributed by atoms with Crippen molar-refractivity contribution >= 4 is 23.4 Å². The average Bonchev–Trinajstić information content (AvgIpc) is 2.74. The molecule has 34 heavy (non-hydrogen) atoms. The number of alkyl halides is 3. The van der Waals surface area contributed by atoms with Crippen molar-refractivity contribution in [1.82, 2.24) is 15.0 Å². The Kier molecular flexibility index (Phi) is 7.87. The monoisotopic (exact) mass is 498 g/mol. The number of hydrogen-bond acceptors (Lipinski definition) is 6. The minimum atomic E-state index is -5.08. The zero-order chi connectivity index (χ0) is 24.9. The molecule has 2 heterocycles. The maximum absolute atomic E-state index is 15.3. The zero-order valence-electron chi connectivity index (χ0n) is 17.5. The maximum atomic E-state index is 15.3. The number of rotatable bonds is 5. The highest BCUT2D eigenvalue weighted by atomic mass is 35.5. The number of carboxylic acids is 1. The van der Waals surface area contributed by atoms with Gasteiger partial charge in [0.1, 0.15) is 12.4 Å². The first kappa shape index (κ1) is 25.2. The summed E-state index contributed by atoms with van der Waals surface area (Å²) in [6, 6.07) is 7.15. The second-order valence-electron chi connectivity index (χ2n) is 7.36. The molecule has 3 aromatic rings. The minimum Gasteiger partial charge on any atom is -0.484 e. The van der Waals surface area contributed by atoms with Gasteiger partial charge in [0.25, 0.3) is 0 Å². The van der Waals surface area contributed by atoms with Crippen molar-refractivity contribution in [2.24, 2.45) is 0 Å². The van der Waals surface area contributed by atoms with Gasteiger partial charge in [-0.2, -0.15) is 13.2 Å². The Hall–Kier alpha value is -3.47. The van der Waals surface area contributed by atoms with Crippen LogP contribution in [0.15, 0.2) is 42.9 Å². The number of nitrogens with two attached hydrogens (primary N) is 1. The number of anilines is 1. The van der Waals surface area contributed by atoms with Crippen LogP contribution in [0.2, 0.25) is 5.02 Å². The van der Waals surface area contributed by atoms with Gasteiger partial charge in [0.15, 0.2) is 11.6 Å². The van der Waals surface area contributed by atoms with E-state index in [1.807, 2.05) is 6.07 Å². The molecule has 0 spiro atoms. The van der Waals surface area contributed by atoms with Gasteiger partial charge >= 0.3 is 12.1 Å². The fraction of sp³-hybridized carbons (Fsp3) is 0.273. The molecule has 0 unspecified atom stereocenters. The summed E-state index contributed by atoms with van der Waals surface area (Å²) >= 11 is 5.86. The smallest absolute Gasteiger partial charge is 0.484 e. The second kappa shape index (κ2) is 10.6. The van der Waals surface area contributed by atoms with Crippen molar-refractivity contribution in [3.63, 3.8) is 0 Å². The van der Waals surface area contributed by atoms with Crippen LogP contribution < -0.4 is 10.5 Å². The molecular weight excluding hydrogens is 480 g/mol. The van der Waals surface area contributed by atoms with Crippen LogP contribution >= 0.6 is 11.6 Å². The molecule has 0 aliphatic heterocycles. The quantitative estimate of drug-likeness (QED) is 0.453. The summed E-state index contributed by atoms with van der Waals surface area (Å²) in [5.74, 6) is -2.33. The largest absolute Gasteiger partial charge is 0.490 e. The normalized spacial score (nSPS) is 13.4. The van der Waals surface area contributed by atoms with Gasteiger partial charge in [0.05, 0.1) is 28.8 Å². The summed E-state index contributed by atoms with van der Waals surface area (Å²) in [7, 11) is 0. The van der Waals surface area contributed by atoms with Crippen molar-refractivity contribution in [2.75, 3.05) is 5.73 Å². The number of aromatic nitrogens is 3. The zero-order valence-corrected chi connectivity index (χ0v) is 18.3. The topological polar surface area (TPSA) is 111 Å². The summed E-state index contributed by atoms with van der Waals surface area (Å²) in [6.45, 7) is 0.157. The molecule has 1 saturated carbocycles. The lowest BCUT2D eigenvalue weighted by Crippen LogP contribution is -2.21. The van der Waals surface area contributed by atoms with E-state index in [0.717, 1.165) is 24.8 Å². The Morgan fingerprint density at radius 2 is 1.82 bits per heavy atom. The van der Waals surface area contributed by atoms with E-state index < -0.39 is 18.0 Å². The molecule has 0 atom stereocenters. The average molecular weight is 499 g/mol. The Morgan fingerprint density at radius 3 is 2.32 bits per heavy atom. The van der Waals surface area contributed by atoms with Crippen molar-refractivity contribution in [1.29, 1.82) is 0 Å². The van der Waals surface area contributed by atoms with Crippen LogP contribution in [0.4, 0.5) is 23.4 Å². The highest BCUT2D eigenvalue weighted by molar-refractivity contribution is 6.30. The molecule has 0 bridgehead atoms. The standard InChI is InChI=1S/C20H18ClFN4O.C2HF3O2/c21-13-4-5-14(24-8-13)11-27-20-15(12-2-1-3-12)6-7-16(19(20)22)17-9-26-18(23)10-25-17;3-2(4,5)1(6)7/h4-10,12H,1-3,11H2,(H2,23,26);(H,6,7). The molecular formula is C22H19ClF4N4O3. The van der Waals surface area contributed by atoms with Crippen LogP contribution in [-0.4, -0.2) is 32.2 Å². The lowest BCUT2D eigenvalue weighted by molar-refractivity contribution is -0.192. The Morgan fingerprint density at radius 1 is 1.12 bits per heavy atom. The highest BCUT2D eigenvalue weighted by Crippen LogP contribution is 2.44. The molecule has 3 N–H and O–H groups in total. The number of benzene rings is 1. The van der Waals surface area contributed by atoms with Gasteiger partial charge in [-0.1, -0.05) is 24.1 Å². The van der Waals surface area contributed by atoms with Gasteiger partial charge in [0.2, 0.25) is 0 Å². The first-order valence-corrected chi connectivity index (χ1v) is 10.4. The molecule has 0 amide bonds. The Bertz CT molecular complexity index is 1140. The van der Waals surface area contributed by atoms with Gasteiger partial charge < -0.3 is 15.6 Å². The summed E-state index contributed by atoms with van der Waals surface area (Å²) in [4.78, 5) is 21.3. The molecule has 2 aromatic heterocycles. The van der Waals surface area contributed by atoms with Crippen LogP contribution in [-0.2, 0) is 11.4 Å². The van der Waals surface area contributed by atoms with Crippen LogP contribution in [0.25, 0.3) is 11.3 Å². The van der Waals surface area contributed by atoms with Crippen LogP contribution in [0.5, 0.6) is 5.75 Å². The number of nitrogen functional groups attached to an aromatic ring is 1. The van der Waals surface area contributed by atoms with Gasteiger partial charge in [-0.05, 0) is 37.0 Å². The number of ether oxygens (including phenoxy) is 1. The van der Waals surface area contributed by atoms with Crippen molar-refractivity contribution < 1.29 is 32.2 Å². The van der Waals surface area contributed by atoms with E-state index in [0.29, 0.717) is 27.9 Å². The van der Waals surface area contributed by atoms with E-state index in [2.05, 4.69) is 15.0 Å². The summed E-state index contributed by atoms with van der Waals surface area (Å²) in [5.41, 5.74) is 7.89. The molecule has 1 aliphatic rings. The minimum absolute atomic E-state index is 0.157. The highest BCUT2D eigenvalue weighted by Gasteiger charge is 2.38. The van der Waals surface area contributed by atoms with E-state index >= 15 is 4.39 Å². The first-order chi connectivity index (χ1) is 16.1. The van der Waals surface area contributed by atoms with E-state index in [-0.39, 0.29) is 18.2 Å². The van der Waals surface area contributed by atoms with E-state index in [4.69, 9.17) is 32.0 Å². The number of carboxylic acid groups (broad SMARTS) is 1. The second-order valence-corrected chi connectivity index (χ2v) is 7.80. The molecule has 0 radical (unpaired) electrons. The van der Waals surface area contributed by atoms with Crippen molar-refractivity contribution in [3.05, 3.63) is 65.0 Å². The van der Waals surface area contributed by atoms with Gasteiger partial charge in [0, 0.05) is 17.3 Å². The van der Waals surface area contributed by atoms with Crippen LogP contribution in [0.1, 0.15) is 36.4 Å². The maximum Gasteiger partial charge on any atom is 0.490 e. The molecule has 12 heteroatoms. The van der Waals surface area contributed by atoms with Gasteiger partial charge in [-0.15, -0.1) is 0 Å². The summed E-state index contributed by atoms with van der Waals surface area (Å²) in [5, 5.41) is 7.67. The first-order valence-electron chi connectivity index (χ1n) is 10.00. The fourth-order valence-electron chi connectivity index (χ4n) is 3.07. The van der Waals surface area contributed by atoms with Gasteiger partial charge in [-0.25, -0.2) is 14.2 Å². The number of pyridine rings is 1. The van der Waals surface area contributed by atoms with E-state index in [1.165, 1.54) is 12.4 Å². The lowest BCUT2D eigenvalue weighted by atomic mass is 9.79. The fourth-order valence-corrected chi connectivity index (χ4v) is 3.18. The number of aliphatic carboxylic acids is 1. The van der Waals surface area contributed by atoms with Gasteiger partial charge in [-0.3, -0.25) is 9.97 Å². The molecule has 7 nitrogen and oxygen atoms in total. The molecule has 1 fully saturated rings. The molecule has 4 rings (SSSR count). The molecule has 0 saturated heterocycles. The van der Waals surface area contributed by atoms with E-state index in [9.17, 15) is 13.2 Å². The Labute approximate surface area is 196 Å². The lowest BCUT2D eigenvalue weighted by Gasteiger charge is -2.28. The van der Waals surface area contributed by atoms with Crippen LogP contribution in [0.3, 0.4) is 0 Å². The third-order valence-corrected chi connectivity index (χ3v) is 5.24. The third-order valence-electron chi connectivity index (χ3n) is 5.02. The molecule has 1 aliphatic carbocycles. The number of carbonyl (C=O) groups is 1. The van der Waals surface area contributed by atoms with Crippen LogP contribution in [0, 0.1) is 5.82 Å². The predicted octanol–water partition coefficient (Wildman–Crippen LogP) is 5.39. The number of nitrogens with zero attached hydrogens (tertiary/aromatic N) is 3. The number of hydrogen-bond donors (Lipinski definition) is 2.